The average Bonchev–Trinajstić information content (AvgIpc) is 2.34. The molecule has 0 aliphatic rings. The van der Waals surface area contributed by atoms with Gasteiger partial charge in [-0.05, 0) is 18.2 Å². The number of carbonyl (C=O) groups excluding carboxylic acids is 1. The van der Waals surface area contributed by atoms with Crippen LogP contribution in [0.15, 0.2) is 23.1 Å². The van der Waals surface area contributed by atoms with E-state index in [2.05, 4.69) is 5.32 Å². The molecule has 5 nitrogen and oxygen atoms in total. The highest BCUT2D eigenvalue weighted by Gasteiger charge is 2.19. The number of hydrogen-bond donors (Lipinski definition) is 2. The van der Waals surface area contributed by atoms with E-state index in [-0.39, 0.29) is 5.75 Å². The van der Waals surface area contributed by atoms with Crippen LogP contribution in [0.4, 0.5) is 0 Å². The summed E-state index contributed by atoms with van der Waals surface area (Å²) in [6.45, 7) is 1.25. The number of rotatable bonds is 5. The number of benzene rings is 1. The maximum Gasteiger partial charge on any atom is 0.327 e. The first-order valence-corrected chi connectivity index (χ1v) is 6.62. The Bertz CT molecular complexity index is 542. The summed E-state index contributed by atoms with van der Waals surface area (Å²) in [6, 6.07) is 5.75. The number of nitriles is 1. The zero-order valence-electron chi connectivity index (χ0n) is 10.0. The molecule has 19 heavy (non-hydrogen) atoms. The third-order valence-electron chi connectivity index (χ3n) is 2.15. The van der Waals surface area contributed by atoms with Crippen LogP contribution in [0.25, 0.3) is 0 Å². The molecule has 0 aliphatic carbocycles. The monoisotopic (exact) mass is 298 g/mol. The van der Waals surface area contributed by atoms with Crippen LogP contribution < -0.4 is 5.32 Å². The first-order valence-electron chi connectivity index (χ1n) is 5.26. The molecule has 0 aliphatic heterocycles. The van der Waals surface area contributed by atoms with Crippen LogP contribution in [0.1, 0.15) is 12.5 Å². The molecule has 0 fully saturated rings. The normalized spacial score (nSPS) is 11.4. The standard InChI is InChI=1S/C12H11ClN2O3S/c1-7(16)15-10(12(17)18)6-19-11-4-9(13)3-2-8(11)5-14/h2-4,10H,6H2,1H3,(H,15,16)(H,17,18)/t10-/m0/s1. The summed E-state index contributed by atoms with van der Waals surface area (Å²) in [4.78, 5) is 22.4. The molecule has 0 unspecified atom stereocenters. The fourth-order valence-electron chi connectivity index (χ4n) is 1.30. The van der Waals surface area contributed by atoms with Crippen LogP contribution in [0.2, 0.25) is 5.02 Å². The molecular weight excluding hydrogens is 288 g/mol. The molecule has 7 heteroatoms. The molecular formula is C12H11ClN2O3S. The molecule has 0 spiro atoms. The maximum absolute atomic E-state index is 11.0. The number of amides is 1. The SMILES string of the molecule is CC(=O)N[C@@H](CSc1cc(Cl)ccc1C#N)C(=O)O. The second-order valence-electron chi connectivity index (χ2n) is 3.65. The molecule has 1 amide bonds. The van der Waals surface area contributed by atoms with Gasteiger partial charge in [0.25, 0.3) is 0 Å². The molecule has 1 rings (SSSR count). The smallest absolute Gasteiger partial charge is 0.327 e. The Labute approximate surface area is 119 Å². The van der Waals surface area contributed by atoms with E-state index in [1.165, 1.54) is 6.92 Å². The van der Waals surface area contributed by atoms with Crippen LogP contribution >= 0.6 is 23.4 Å². The van der Waals surface area contributed by atoms with Crippen molar-refractivity contribution in [2.24, 2.45) is 0 Å². The van der Waals surface area contributed by atoms with E-state index in [0.29, 0.717) is 15.5 Å². The molecule has 0 saturated heterocycles. The van der Waals surface area contributed by atoms with Gasteiger partial charge in [-0.1, -0.05) is 11.6 Å². The lowest BCUT2D eigenvalue weighted by atomic mass is 10.2. The third kappa shape index (κ3) is 4.81. The van der Waals surface area contributed by atoms with Gasteiger partial charge >= 0.3 is 5.97 Å². The highest BCUT2D eigenvalue weighted by Crippen LogP contribution is 2.26. The summed E-state index contributed by atoms with van der Waals surface area (Å²) in [7, 11) is 0. The minimum atomic E-state index is -1.12. The second-order valence-corrected chi connectivity index (χ2v) is 5.15. The zero-order valence-corrected chi connectivity index (χ0v) is 11.6. The fourth-order valence-corrected chi connectivity index (χ4v) is 2.59. The largest absolute Gasteiger partial charge is 0.480 e. The number of carboxylic acid groups (broad SMARTS) is 1. The predicted octanol–water partition coefficient (Wildman–Crippen LogP) is 1.89. The summed E-state index contributed by atoms with van der Waals surface area (Å²) in [5.41, 5.74) is 0.418. The van der Waals surface area contributed by atoms with Crippen molar-refractivity contribution in [1.29, 1.82) is 5.26 Å². The van der Waals surface area contributed by atoms with E-state index < -0.39 is 17.9 Å². The molecule has 100 valence electrons. The number of hydrogen-bond acceptors (Lipinski definition) is 4. The fraction of sp³-hybridized carbons (Fsp3) is 0.250. The van der Waals surface area contributed by atoms with Crippen molar-refractivity contribution in [3.63, 3.8) is 0 Å². The van der Waals surface area contributed by atoms with Gasteiger partial charge in [-0.25, -0.2) is 4.79 Å². The van der Waals surface area contributed by atoms with E-state index in [9.17, 15) is 9.59 Å². The highest BCUT2D eigenvalue weighted by atomic mass is 35.5. The molecule has 1 atom stereocenters. The van der Waals surface area contributed by atoms with Gasteiger partial charge in [0.2, 0.25) is 5.91 Å². The van der Waals surface area contributed by atoms with Crippen molar-refractivity contribution in [2.75, 3.05) is 5.75 Å². The van der Waals surface area contributed by atoms with Crippen LogP contribution in [0, 0.1) is 11.3 Å². The van der Waals surface area contributed by atoms with Crippen molar-refractivity contribution in [2.45, 2.75) is 17.9 Å². The van der Waals surface area contributed by atoms with Crippen LogP contribution in [0.5, 0.6) is 0 Å². The summed E-state index contributed by atoms with van der Waals surface area (Å²) >= 11 is 6.99. The molecule has 2 N–H and O–H groups in total. The lowest BCUT2D eigenvalue weighted by Crippen LogP contribution is -2.41. The van der Waals surface area contributed by atoms with Crippen molar-refractivity contribution in [3.8, 4) is 6.07 Å². The van der Waals surface area contributed by atoms with Gasteiger partial charge in [-0.15, -0.1) is 11.8 Å². The Kier molecular flexibility index (Phi) is 5.67. The van der Waals surface area contributed by atoms with Gasteiger partial charge in [0, 0.05) is 22.6 Å². The maximum atomic E-state index is 11.0. The van der Waals surface area contributed by atoms with Gasteiger partial charge in [-0.3, -0.25) is 4.79 Å². The van der Waals surface area contributed by atoms with E-state index in [4.69, 9.17) is 22.0 Å². The Morgan fingerprint density at radius 1 is 1.58 bits per heavy atom. The topological polar surface area (TPSA) is 90.2 Å². The zero-order chi connectivity index (χ0) is 14.4. The highest BCUT2D eigenvalue weighted by molar-refractivity contribution is 7.99. The Morgan fingerprint density at radius 3 is 2.79 bits per heavy atom. The molecule has 0 aromatic heterocycles. The number of carboxylic acids is 1. The van der Waals surface area contributed by atoms with Crippen LogP contribution in [-0.4, -0.2) is 28.8 Å². The van der Waals surface area contributed by atoms with Gasteiger partial charge in [0.1, 0.15) is 12.1 Å². The lowest BCUT2D eigenvalue weighted by Gasteiger charge is -2.13. The minimum Gasteiger partial charge on any atom is -0.480 e. The van der Waals surface area contributed by atoms with Gasteiger partial charge < -0.3 is 10.4 Å². The number of aliphatic carboxylic acids is 1. The summed E-state index contributed by atoms with van der Waals surface area (Å²) < 4.78 is 0. The van der Waals surface area contributed by atoms with Crippen molar-refractivity contribution in [1.82, 2.24) is 5.32 Å². The quantitative estimate of drug-likeness (QED) is 0.810. The molecule has 0 bridgehead atoms. The van der Waals surface area contributed by atoms with Gasteiger partial charge in [-0.2, -0.15) is 5.26 Å². The van der Waals surface area contributed by atoms with Crippen molar-refractivity contribution in [3.05, 3.63) is 28.8 Å². The van der Waals surface area contributed by atoms with E-state index in [1.807, 2.05) is 6.07 Å². The summed E-state index contributed by atoms with van der Waals surface area (Å²) in [6.07, 6.45) is 0. The van der Waals surface area contributed by atoms with Crippen LogP contribution in [0.3, 0.4) is 0 Å². The molecule has 1 aromatic rings. The van der Waals surface area contributed by atoms with Crippen molar-refractivity contribution >= 4 is 35.2 Å². The number of thioether (sulfide) groups is 1. The third-order valence-corrected chi connectivity index (χ3v) is 3.53. The lowest BCUT2D eigenvalue weighted by molar-refractivity contribution is -0.140. The molecule has 0 radical (unpaired) electrons. The Morgan fingerprint density at radius 2 is 2.26 bits per heavy atom. The minimum absolute atomic E-state index is 0.115. The predicted molar refractivity (Wildman–Crippen MR) is 72.1 cm³/mol. The molecule has 0 heterocycles. The number of nitrogens with one attached hydrogen (secondary N) is 1. The molecule has 1 aromatic carbocycles. The van der Waals surface area contributed by atoms with Gasteiger partial charge in [0.05, 0.1) is 5.56 Å². The van der Waals surface area contributed by atoms with E-state index in [1.54, 1.807) is 18.2 Å². The number of halogens is 1. The van der Waals surface area contributed by atoms with E-state index in [0.717, 1.165) is 11.8 Å². The summed E-state index contributed by atoms with van der Waals surface area (Å²) in [5, 5.41) is 20.7. The Hall–Kier alpha value is -1.71. The second kappa shape index (κ2) is 7.02. The van der Waals surface area contributed by atoms with Crippen LogP contribution in [-0.2, 0) is 9.59 Å². The average molecular weight is 299 g/mol. The number of carbonyl (C=O) groups is 2. The summed E-state index contributed by atoms with van der Waals surface area (Å²) in [5.74, 6) is -1.42. The molecule has 0 saturated carbocycles. The first-order chi connectivity index (χ1) is 8.93. The Balaban J connectivity index is 2.79. The van der Waals surface area contributed by atoms with Gasteiger partial charge in [0.15, 0.2) is 0 Å². The first kappa shape index (κ1) is 15.3. The van der Waals surface area contributed by atoms with E-state index >= 15 is 0 Å². The van der Waals surface area contributed by atoms with Crippen molar-refractivity contribution < 1.29 is 14.7 Å². The number of nitrogens with zero attached hydrogens (tertiary/aromatic N) is 1.